The van der Waals surface area contributed by atoms with Crippen LogP contribution in [0.1, 0.15) is 10.4 Å². The number of benzene rings is 2. The van der Waals surface area contributed by atoms with Crippen LogP contribution in [-0.4, -0.2) is 74.7 Å². The minimum Gasteiger partial charge on any atom is -0.340 e. The molecule has 0 aliphatic carbocycles. The number of nitrogens with zero attached hydrogens (tertiary/aromatic N) is 6. The highest BCUT2D eigenvalue weighted by Gasteiger charge is 2.15. The molecule has 0 saturated heterocycles. The molecule has 3 aromatic heterocycles. The number of imidazole rings is 1. The third-order valence-electron chi connectivity index (χ3n) is 6.10. The highest BCUT2D eigenvalue weighted by Crippen LogP contribution is 2.32. The number of halogens is 1. The maximum atomic E-state index is 13.4. The van der Waals surface area contributed by atoms with Crippen molar-refractivity contribution in [1.29, 1.82) is 0 Å². The first-order valence-corrected chi connectivity index (χ1v) is 11.5. The van der Waals surface area contributed by atoms with Crippen molar-refractivity contribution < 1.29 is 9.18 Å². The van der Waals surface area contributed by atoms with Crippen LogP contribution in [0.5, 0.6) is 0 Å². The molecule has 0 fully saturated rings. The summed E-state index contributed by atoms with van der Waals surface area (Å²) in [5.41, 5.74) is 5.70. The Morgan fingerprint density at radius 3 is 2.44 bits per heavy atom. The van der Waals surface area contributed by atoms with Crippen molar-refractivity contribution in [3.8, 4) is 28.2 Å². The fourth-order valence-corrected chi connectivity index (χ4v) is 4.03. The molecule has 0 spiro atoms. The molecular weight excluding hydrogens is 457 g/mol. The average molecular weight is 484 g/mol. The summed E-state index contributed by atoms with van der Waals surface area (Å²) in [4.78, 5) is 25.5. The number of fused-ring (bicyclic) bond motifs is 1. The summed E-state index contributed by atoms with van der Waals surface area (Å²) >= 11 is 0. The summed E-state index contributed by atoms with van der Waals surface area (Å²) in [7, 11) is 5.75. The zero-order valence-electron chi connectivity index (χ0n) is 20.3. The van der Waals surface area contributed by atoms with Gasteiger partial charge in [-0.15, -0.1) is 0 Å². The summed E-state index contributed by atoms with van der Waals surface area (Å²) in [5, 5.41) is 7.24. The second kappa shape index (κ2) is 9.71. The largest absolute Gasteiger partial charge is 0.340 e. The number of carbonyl (C=O) groups is 1. The van der Waals surface area contributed by atoms with Gasteiger partial charge < -0.3 is 9.80 Å². The van der Waals surface area contributed by atoms with E-state index in [-0.39, 0.29) is 11.7 Å². The number of hydrogen-bond acceptors (Lipinski definition) is 5. The van der Waals surface area contributed by atoms with Crippen LogP contribution in [0.25, 0.3) is 39.2 Å². The molecule has 182 valence electrons. The molecule has 5 aromatic rings. The molecule has 0 radical (unpaired) electrons. The predicted octanol–water partition coefficient (Wildman–Crippen LogP) is 4.25. The van der Waals surface area contributed by atoms with Gasteiger partial charge in [-0.3, -0.25) is 14.5 Å². The molecule has 0 aliphatic rings. The lowest BCUT2D eigenvalue weighted by Gasteiger charge is -2.19. The number of rotatable bonds is 7. The second-order valence-corrected chi connectivity index (χ2v) is 8.92. The Morgan fingerprint density at radius 1 is 0.944 bits per heavy atom. The number of H-pyrrole nitrogens is 1. The Bertz CT molecular complexity index is 1500. The topological polar surface area (TPSA) is 82.9 Å². The lowest BCUT2D eigenvalue weighted by atomic mass is 10.0. The van der Waals surface area contributed by atoms with Gasteiger partial charge in [0, 0.05) is 37.5 Å². The SMILES string of the molecule is CN(C)CCN(C)C(=O)c1ccc(-n2cnc3ccc(-c4cn[nH]c4-c4ccc(F)cc4)cc32)nc1. The molecule has 0 unspecified atom stereocenters. The average Bonchev–Trinajstić information content (AvgIpc) is 3.54. The quantitative estimate of drug-likeness (QED) is 0.374. The van der Waals surface area contributed by atoms with Crippen molar-refractivity contribution in [3.63, 3.8) is 0 Å². The van der Waals surface area contributed by atoms with Crippen LogP contribution >= 0.6 is 0 Å². The van der Waals surface area contributed by atoms with Crippen molar-refractivity contribution in [1.82, 2.24) is 34.5 Å². The van der Waals surface area contributed by atoms with E-state index in [2.05, 4.69) is 20.2 Å². The van der Waals surface area contributed by atoms with E-state index >= 15 is 0 Å². The van der Waals surface area contributed by atoms with Crippen LogP contribution in [-0.2, 0) is 0 Å². The zero-order valence-corrected chi connectivity index (χ0v) is 20.3. The van der Waals surface area contributed by atoms with Crippen LogP contribution in [0.2, 0.25) is 0 Å². The minimum absolute atomic E-state index is 0.0676. The summed E-state index contributed by atoms with van der Waals surface area (Å²) in [5.74, 6) is 0.306. The first kappa shape index (κ1) is 23.4. The van der Waals surface area contributed by atoms with Gasteiger partial charge in [0.25, 0.3) is 5.91 Å². The Morgan fingerprint density at radius 2 is 1.72 bits per heavy atom. The summed E-state index contributed by atoms with van der Waals surface area (Å²) in [6.45, 7) is 1.42. The van der Waals surface area contributed by atoms with Crippen LogP contribution in [0.15, 0.2) is 73.3 Å². The van der Waals surface area contributed by atoms with Gasteiger partial charge in [-0.1, -0.05) is 6.07 Å². The smallest absolute Gasteiger partial charge is 0.255 e. The molecule has 1 amide bonds. The van der Waals surface area contributed by atoms with Gasteiger partial charge in [0.1, 0.15) is 18.0 Å². The Kier molecular flexibility index (Phi) is 6.30. The molecule has 36 heavy (non-hydrogen) atoms. The van der Waals surface area contributed by atoms with Crippen LogP contribution < -0.4 is 0 Å². The number of likely N-dealkylation sites (N-methyl/N-ethyl adjacent to an activating group) is 2. The number of pyridine rings is 1. The lowest BCUT2D eigenvalue weighted by Crippen LogP contribution is -2.33. The summed E-state index contributed by atoms with van der Waals surface area (Å²) in [6.07, 6.45) is 5.08. The molecule has 9 heteroatoms. The standard InChI is InChI=1S/C27H26FN7O/c1-33(2)12-13-34(3)27(36)20-7-11-25(29-15-20)35-17-30-23-10-6-19(14-24(23)35)22-16-31-32-26(22)18-4-8-21(28)9-5-18/h4-11,14-17H,12-13H2,1-3H3,(H,31,32). The fraction of sp³-hybridized carbons (Fsp3) is 0.185. The van der Waals surface area contributed by atoms with Crippen LogP contribution in [0, 0.1) is 5.82 Å². The van der Waals surface area contributed by atoms with E-state index in [4.69, 9.17) is 0 Å². The van der Waals surface area contributed by atoms with Gasteiger partial charge in [-0.05, 0) is 68.2 Å². The molecule has 2 aromatic carbocycles. The lowest BCUT2D eigenvalue weighted by molar-refractivity contribution is 0.0786. The van der Waals surface area contributed by atoms with Gasteiger partial charge in [-0.25, -0.2) is 14.4 Å². The molecule has 3 heterocycles. The van der Waals surface area contributed by atoms with Crippen LogP contribution in [0.3, 0.4) is 0 Å². The molecule has 0 aliphatic heterocycles. The van der Waals surface area contributed by atoms with Gasteiger partial charge >= 0.3 is 0 Å². The Hall–Kier alpha value is -4.37. The number of nitrogens with one attached hydrogen (secondary N) is 1. The molecule has 0 bridgehead atoms. The highest BCUT2D eigenvalue weighted by atomic mass is 19.1. The predicted molar refractivity (Wildman–Crippen MR) is 137 cm³/mol. The fourth-order valence-electron chi connectivity index (χ4n) is 4.03. The Labute approximate surface area is 208 Å². The van der Waals surface area contributed by atoms with E-state index in [1.807, 2.05) is 47.8 Å². The van der Waals surface area contributed by atoms with E-state index in [9.17, 15) is 9.18 Å². The molecule has 8 nitrogen and oxygen atoms in total. The van der Waals surface area contributed by atoms with Gasteiger partial charge in [0.05, 0.1) is 28.5 Å². The van der Waals surface area contributed by atoms with Gasteiger partial charge in [0.2, 0.25) is 0 Å². The maximum absolute atomic E-state index is 13.4. The first-order chi connectivity index (χ1) is 17.4. The first-order valence-electron chi connectivity index (χ1n) is 11.5. The third-order valence-corrected chi connectivity index (χ3v) is 6.10. The van der Waals surface area contributed by atoms with Crippen molar-refractivity contribution in [2.45, 2.75) is 0 Å². The molecule has 5 rings (SSSR count). The summed E-state index contributed by atoms with van der Waals surface area (Å²) < 4.78 is 15.3. The van der Waals surface area contributed by atoms with Crippen molar-refractivity contribution in [3.05, 3.63) is 84.7 Å². The number of amides is 1. The van der Waals surface area contributed by atoms with E-state index in [1.165, 1.54) is 12.1 Å². The normalized spacial score (nSPS) is 11.4. The van der Waals surface area contributed by atoms with E-state index in [1.54, 1.807) is 48.9 Å². The third kappa shape index (κ3) is 4.60. The van der Waals surface area contributed by atoms with Crippen LogP contribution in [0.4, 0.5) is 4.39 Å². The number of aromatic nitrogens is 5. The summed E-state index contributed by atoms with van der Waals surface area (Å²) in [6, 6.07) is 15.9. The van der Waals surface area contributed by atoms with E-state index < -0.39 is 0 Å². The molecule has 1 N–H and O–H groups in total. The van der Waals surface area contributed by atoms with Crippen molar-refractivity contribution in [2.75, 3.05) is 34.2 Å². The van der Waals surface area contributed by atoms with E-state index in [0.29, 0.717) is 17.9 Å². The number of hydrogen-bond donors (Lipinski definition) is 1. The van der Waals surface area contributed by atoms with Gasteiger partial charge in [0.15, 0.2) is 0 Å². The van der Waals surface area contributed by atoms with Gasteiger partial charge in [-0.2, -0.15) is 5.10 Å². The second-order valence-electron chi connectivity index (χ2n) is 8.92. The number of carbonyl (C=O) groups excluding carboxylic acids is 1. The monoisotopic (exact) mass is 483 g/mol. The molecular formula is C27H26FN7O. The number of aromatic amines is 1. The minimum atomic E-state index is -0.287. The van der Waals surface area contributed by atoms with E-state index in [0.717, 1.165) is 40.0 Å². The maximum Gasteiger partial charge on any atom is 0.255 e. The zero-order chi connectivity index (χ0) is 25.2. The Balaban J connectivity index is 1.44. The van der Waals surface area contributed by atoms with Crippen molar-refractivity contribution >= 4 is 16.9 Å². The molecule has 0 saturated carbocycles. The van der Waals surface area contributed by atoms with Crippen molar-refractivity contribution in [2.24, 2.45) is 0 Å². The molecule has 0 atom stereocenters. The highest BCUT2D eigenvalue weighted by molar-refractivity contribution is 5.94.